The van der Waals surface area contributed by atoms with Gasteiger partial charge in [-0.1, -0.05) is 25.8 Å². The van der Waals surface area contributed by atoms with Gasteiger partial charge in [0.1, 0.15) is 11.6 Å². The van der Waals surface area contributed by atoms with Crippen molar-refractivity contribution in [1.82, 2.24) is 0 Å². The lowest BCUT2D eigenvalue weighted by atomic mass is 9.49. The molecule has 0 amide bonds. The minimum Gasteiger partial charge on any atom is -0.426 e. The van der Waals surface area contributed by atoms with Crippen LogP contribution in [0.3, 0.4) is 0 Å². The molecule has 2 aromatic carbocycles. The highest BCUT2D eigenvalue weighted by atomic mass is 19.1. The van der Waals surface area contributed by atoms with Crippen LogP contribution in [0.5, 0.6) is 5.75 Å². The zero-order chi connectivity index (χ0) is 20.3. The van der Waals surface area contributed by atoms with Crippen molar-refractivity contribution in [3.63, 3.8) is 0 Å². The summed E-state index contributed by atoms with van der Waals surface area (Å²) in [5.74, 6) is 4.81. The molecular weight excluding hydrogens is 363 g/mol. The number of terminal acetylenes is 1. The second-order valence-electron chi connectivity index (χ2n) is 9.92. The van der Waals surface area contributed by atoms with Gasteiger partial charge in [0, 0.05) is 5.39 Å². The van der Waals surface area contributed by atoms with E-state index in [4.69, 9.17) is 11.2 Å². The molecule has 2 aromatic rings. The summed E-state index contributed by atoms with van der Waals surface area (Å²) in [7, 11) is 0. The van der Waals surface area contributed by atoms with Crippen LogP contribution in [-0.4, -0.2) is 5.97 Å². The first kappa shape index (κ1) is 18.7. The summed E-state index contributed by atoms with van der Waals surface area (Å²) in [6.07, 6.45) is 12.4. The lowest BCUT2D eigenvalue weighted by molar-refractivity contribution is -0.161. The van der Waals surface area contributed by atoms with E-state index in [0.717, 1.165) is 35.6 Å². The van der Waals surface area contributed by atoms with E-state index in [2.05, 4.69) is 5.92 Å². The van der Waals surface area contributed by atoms with E-state index >= 15 is 0 Å². The van der Waals surface area contributed by atoms with Gasteiger partial charge < -0.3 is 4.74 Å². The van der Waals surface area contributed by atoms with Gasteiger partial charge in [-0.15, -0.1) is 6.42 Å². The van der Waals surface area contributed by atoms with Gasteiger partial charge in [-0.2, -0.15) is 0 Å². The highest BCUT2D eigenvalue weighted by Crippen LogP contribution is 2.60. The van der Waals surface area contributed by atoms with E-state index in [-0.39, 0.29) is 28.7 Å². The minimum atomic E-state index is -0.389. The van der Waals surface area contributed by atoms with Gasteiger partial charge in [-0.25, -0.2) is 4.39 Å². The van der Waals surface area contributed by atoms with Crippen LogP contribution in [0, 0.1) is 41.3 Å². The average molecular weight is 390 g/mol. The Balaban J connectivity index is 1.52. The highest BCUT2D eigenvalue weighted by molar-refractivity contribution is 5.93. The second kappa shape index (κ2) is 6.59. The number of hydrogen-bond acceptors (Lipinski definition) is 2. The predicted molar refractivity (Wildman–Crippen MR) is 112 cm³/mol. The Morgan fingerprint density at radius 1 is 1.14 bits per heavy atom. The SMILES string of the molecule is C#Cc1c(F)ccc2cc(OC(=O)C34CC5CC(CC(C5)C3)C4)cc(C(C)C)c12. The number of halogens is 1. The van der Waals surface area contributed by atoms with Crippen LogP contribution in [0.2, 0.25) is 0 Å². The molecule has 0 unspecified atom stereocenters. The predicted octanol–water partition coefficient (Wildman–Crippen LogP) is 6.21. The zero-order valence-corrected chi connectivity index (χ0v) is 17.1. The summed E-state index contributed by atoms with van der Waals surface area (Å²) in [6, 6.07) is 6.83. The van der Waals surface area contributed by atoms with Crippen molar-refractivity contribution in [3.05, 3.63) is 41.2 Å². The summed E-state index contributed by atoms with van der Waals surface area (Å²) < 4.78 is 20.3. The molecule has 4 bridgehead atoms. The second-order valence-corrected chi connectivity index (χ2v) is 9.92. The number of benzene rings is 2. The molecule has 0 N–H and O–H groups in total. The number of hydrogen-bond donors (Lipinski definition) is 0. The maximum atomic E-state index is 14.3. The standard InChI is InChI=1S/C26H27FO2/c1-4-21-23(27)6-5-19-10-20(11-22(15(2)3)24(19)21)29-25(28)26-12-16-7-17(13-26)9-18(8-16)14-26/h1,5-6,10-11,15-18H,7-9,12-14H2,2-3H3. The smallest absolute Gasteiger partial charge is 0.317 e. The van der Waals surface area contributed by atoms with Crippen molar-refractivity contribution in [3.8, 4) is 18.1 Å². The van der Waals surface area contributed by atoms with Crippen LogP contribution < -0.4 is 4.74 Å². The topological polar surface area (TPSA) is 26.3 Å². The first-order chi connectivity index (χ1) is 13.9. The van der Waals surface area contributed by atoms with Crippen LogP contribution in [0.4, 0.5) is 4.39 Å². The first-order valence-corrected chi connectivity index (χ1v) is 10.8. The quantitative estimate of drug-likeness (QED) is 0.354. The van der Waals surface area contributed by atoms with Gasteiger partial charge in [0.2, 0.25) is 0 Å². The lowest BCUT2D eigenvalue weighted by Crippen LogP contribution is -2.51. The molecule has 4 aliphatic rings. The molecule has 4 aliphatic carbocycles. The van der Waals surface area contributed by atoms with E-state index in [1.807, 2.05) is 26.0 Å². The molecule has 4 fully saturated rings. The Kier molecular flexibility index (Phi) is 4.24. The average Bonchev–Trinajstić information content (AvgIpc) is 2.66. The van der Waals surface area contributed by atoms with Gasteiger partial charge in [0.25, 0.3) is 0 Å². The van der Waals surface area contributed by atoms with E-state index in [0.29, 0.717) is 23.5 Å². The molecule has 4 saturated carbocycles. The molecule has 0 saturated heterocycles. The number of carbonyl (C=O) groups excluding carboxylic acids is 1. The molecule has 0 spiro atoms. The monoisotopic (exact) mass is 390 g/mol. The largest absolute Gasteiger partial charge is 0.426 e. The Bertz CT molecular complexity index is 1010. The Morgan fingerprint density at radius 3 is 2.31 bits per heavy atom. The fraction of sp³-hybridized carbons (Fsp3) is 0.500. The van der Waals surface area contributed by atoms with Crippen LogP contribution >= 0.6 is 0 Å². The zero-order valence-electron chi connectivity index (χ0n) is 17.1. The van der Waals surface area contributed by atoms with Gasteiger partial charge in [-0.3, -0.25) is 4.79 Å². The molecule has 0 aliphatic heterocycles. The number of esters is 1. The molecule has 0 radical (unpaired) electrons. The number of carbonyl (C=O) groups is 1. The highest BCUT2D eigenvalue weighted by Gasteiger charge is 2.55. The van der Waals surface area contributed by atoms with Crippen molar-refractivity contribution in [2.75, 3.05) is 0 Å². The minimum absolute atomic E-state index is 0.0649. The lowest BCUT2D eigenvalue weighted by Gasteiger charge is -2.55. The van der Waals surface area contributed by atoms with E-state index in [1.165, 1.54) is 25.3 Å². The van der Waals surface area contributed by atoms with Gasteiger partial charge in [0.15, 0.2) is 0 Å². The normalized spacial score (nSPS) is 30.0. The van der Waals surface area contributed by atoms with Crippen molar-refractivity contribution in [2.24, 2.45) is 23.2 Å². The van der Waals surface area contributed by atoms with Crippen molar-refractivity contribution < 1.29 is 13.9 Å². The summed E-state index contributed by atoms with van der Waals surface area (Å²) in [5, 5.41) is 1.57. The third-order valence-corrected chi connectivity index (χ3v) is 7.52. The van der Waals surface area contributed by atoms with E-state index in [1.54, 1.807) is 6.07 Å². The molecule has 0 aromatic heterocycles. The molecule has 3 heteroatoms. The molecule has 0 atom stereocenters. The van der Waals surface area contributed by atoms with Crippen molar-refractivity contribution in [1.29, 1.82) is 0 Å². The van der Waals surface area contributed by atoms with Crippen LogP contribution in [0.15, 0.2) is 24.3 Å². The van der Waals surface area contributed by atoms with E-state index in [9.17, 15) is 9.18 Å². The van der Waals surface area contributed by atoms with Gasteiger partial charge in [0.05, 0.1) is 11.0 Å². The van der Waals surface area contributed by atoms with Crippen LogP contribution in [0.25, 0.3) is 10.8 Å². The maximum absolute atomic E-state index is 14.3. The molecule has 6 rings (SSSR count). The Hall–Kier alpha value is -2.34. The molecule has 29 heavy (non-hydrogen) atoms. The number of ether oxygens (including phenoxy) is 1. The number of fused-ring (bicyclic) bond motifs is 1. The summed E-state index contributed by atoms with van der Waals surface area (Å²) in [6.45, 7) is 4.09. The summed E-state index contributed by atoms with van der Waals surface area (Å²) in [5.41, 5.74) is 0.905. The third kappa shape index (κ3) is 2.96. The van der Waals surface area contributed by atoms with Crippen LogP contribution in [-0.2, 0) is 4.79 Å². The molecule has 0 heterocycles. The van der Waals surface area contributed by atoms with Gasteiger partial charge >= 0.3 is 5.97 Å². The Morgan fingerprint density at radius 2 is 1.76 bits per heavy atom. The third-order valence-electron chi connectivity index (χ3n) is 7.52. The number of rotatable bonds is 3. The van der Waals surface area contributed by atoms with Crippen molar-refractivity contribution >= 4 is 16.7 Å². The Labute approximate surface area is 171 Å². The van der Waals surface area contributed by atoms with Gasteiger partial charge in [-0.05, 0) is 91.3 Å². The summed E-state index contributed by atoms with van der Waals surface area (Å²) >= 11 is 0. The fourth-order valence-corrected chi connectivity index (χ4v) is 6.68. The molecule has 150 valence electrons. The van der Waals surface area contributed by atoms with Crippen LogP contribution in [0.1, 0.15) is 69.4 Å². The summed E-state index contributed by atoms with van der Waals surface area (Å²) in [4.78, 5) is 13.3. The fourth-order valence-electron chi connectivity index (χ4n) is 6.68. The molecule has 2 nitrogen and oxygen atoms in total. The first-order valence-electron chi connectivity index (χ1n) is 10.8. The maximum Gasteiger partial charge on any atom is 0.317 e. The molecular formula is C26H27FO2. The van der Waals surface area contributed by atoms with Crippen molar-refractivity contribution in [2.45, 2.75) is 58.3 Å². The van der Waals surface area contributed by atoms with E-state index < -0.39 is 0 Å².